The first-order chi connectivity index (χ1) is 9.54. The van der Waals surface area contributed by atoms with Gasteiger partial charge in [-0.3, -0.25) is 0 Å². The van der Waals surface area contributed by atoms with Crippen LogP contribution in [0.1, 0.15) is 0 Å². The van der Waals surface area contributed by atoms with E-state index in [0.29, 0.717) is 0 Å². The Bertz CT molecular complexity index is 309. The van der Waals surface area contributed by atoms with Crippen molar-refractivity contribution in [3.8, 4) is 0 Å². The molecule has 0 aliphatic heterocycles. The topological polar surface area (TPSA) is 283 Å². The maximum Gasteiger partial charge on any atom is 1.00 e. The number of rotatable bonds is 5. The smallest absolute Gasteiger partial charge is 0.790 e. The molecular formula is C6H18Na2O14P2. The fourth-order valence-corrected chi connectivity index (χ4v) is 0.671. The first kappa shape index (κ1) is 36.8. The Morgan fingerprint density at radius 2 is 0.833 bits per heavy atom. The van der Waals surface area contributed by atoms with Crippen LogP contribution in [0.25, 0.3) is 0 Å². The van der Waals surface area contributed by atoms with Gasteiger partial charge in [0.1, 0.15) is 24.4 Å². The fraction of sp³-hybridized carbons (Fsp3) is 1.00. The Hall–Kier alpha value is 1.98. The van der Waals surface area contributed by atoms with Crippen LogP contribution in [0.2, 0.25) is 0 Å². The minimum Gasteiger partial charge on any atom is -0.790 e. The molecule has 0 saturated carbocycles. The molecule has 18 heteroatoms. The predicted octanol–water partition coefficient (Wildman–Crippen LogP) is -12.7. The molecule has 0 rings (SSSR count). The summed E-state index contributed by atoms with van der Waals surface area (Å²) in [5, 5.41) is 52.2. The van der Waals surface area contributed by atoms with E-state index in [0.717, 1.165) is 0 Å². The number of aliphatic hydroxyl groups excluding tert-OH is 6. The zero-order valence-corrected chi connectivity index (χ0v) is 18.5. The van der Waals surface area contributed by atoms with Gasteiger partial charge in [0, 0.05) is 0 Å². The molecule has 138 valence electrons. The van der Waals surface area contributed by atoms with Crippen LogP contribution in [-0.4, -0.2) is 87.8 Å². The SMILES string of the molecule is O=P(O)(O)O.O=P([O-])([O-])O.OCC(O)C(O)C(O)C(O)CO.[Na+].[Na+]. The molecule has 0 saturated heterocycles. The first-order valence-electron chi connectivity index (χ1n) is 5.01. The van der Waals surface area contributed by atoms with Crippen molar-refractivity contribution in [1.29, 1.82) is 0 Å². The average Bonchev–Trinajstić information content (AvgIpc) is 2.30. The van der Waals surface area contributed by atoms with Crippen molar-refractivity contribution in [2.24, 2.45) is 0 Å². The number of hydrogen-bond acceptors (Lipinski definition) is 10. The number of aliphatic hydroxyl groups is 6. The maximum absolute atomic E-state index is 8.96. The van der Waals surface area contributed by atoms with Gasteiger partial charge in [0.15, 0.2) is 0 Å². The molecule has 0 aromatic rings. The zero-order chi connectivity index (χ0) is 18.7. The van der Waals surface area contributed by atoms with Crippen LogP contribution >= 0.6 is 15.6 Å². The largest absolute Gasteiger partial charge is 1.00 e. The summed E-state index contributed by atoms with van der Waals surface area (Å²) in [6, 6.07) is 0. The molecule has 0 amide bonds. The van der Waals surface area contributed by atoms with Gasteiger partial charge in [-0.2, -0.15) is 0 Å². The van der Waals surface area contributed by atoms with E-state index in [1.807, 2.05) is 0 Å². The van der Waals surface area contributed by atoms with Gasteiger partial charge in [0.2, 0.25) is 0 Å². The Labute approximate surface area is 180 Å². The van der Waals surface area contributed by atoms with Gasteiger partial charge in [-0.1, -0.05) is 0 Å². The molecule has 0 radical (unpaired) electrons. The minimum absolute atomic E-state index is 0. The van der Waals surface area contributed by atoms with Crippen LogP contribution in [0.3, 0.4) is 0 Å². The molecule has 0 spiro atoms. The molecule has 14 nitrogen and oxygen atoms in total. The third-order valence-corrected chi connectivity index (χ3v) is 1.51. The standard InChI is InChI=1S/C6H14O6.2Na.2H3O4P/c7-1-3(9)5(11)6(12)4(10)2-8;;;2*1-5(2,3)4/h3-12H,1-2H2;;;2*(H3,1,2,3,4)/q;2*+1;;/p-2. The molecule has 0 fully saturated rings. The van der Waals surface area contributed by atoms with E-state index in [9.17, 15) is 0 Å². The molecule has 4 atom stereocenters. The van der Waals surface area contributed by atoms with Crippen LogP contribution in [0.15, 0.2) is 0 Å². The van der Waals surface area contributed by atoms with Crippen molar-refractivity contribution in [3.05, 3.63) is 0 Å². The molecular weight excluding hydrogens is 404 g/mol. The molecule has 0 aliphatic carbocycles. The summed E-state index contributed by atoms with van der Waals surface area (Å²) in [5.74, 6) is 0. The van der Waals surface area contributed by atoms with Crippen LogP contribution in [0.5, 0.6) is 0 Å². The second-order valence-corrected chi connectivity index (χ2v) is 5.43. The van der Waals surface area contributed by atoms with E-state index in [1.54, 1.807) is 0 Å². The van der Waals surface area contributed by atoms with Crippen molar-refractivity contribution in [1.82, 2.24) is 0 Å². The van der Waals surface area contributed by atoms with Gasteiger partial charge in [-0.05, 0) is 0 Å². The van der Waals surface area contributed by atoms with Crippen LogP contribution < -0.4 is 68.9 Å². The summed E-state index contributed by atoms with van der Waals surface area (Å²) in [6.45, 7) is -1.45. The Kier molecular flexibility index (Phi) is 28.2. The minimum atomic E-state index is -5.14. The molecule has 0 aromatic carbocycles. The molecule has 0 aliphatic rings. The summed E-state index contributed by atoms with van der Waals surface area (Å²) < 4.78 is 17.5. The Morgan fingerprint density at radius 1 is 0.708 bits per heavy atom. The average molecular weight is 422 g/mol. The second kappa shape index (κ2) is 18.3. The molecule has 0 aromatic heterocycles. The van der Waals surface area contributed by atoms with Gasteiger partial charge >= 0.3 is 66.9 Å². The molecule has 10 N–H and O–H groups in total. The monoisotopic (exact) mass is 422 g/mol. The molecule has 0 bridgehead atoms. The number of hydrogen-bond donors (Lipinski definition) is 10. The molecule has 4 unspecified atom stereocenters. The van der Waals surface area contributed by atoms with E-state index < -0.39 is 53.3 Å². The van der Waals surface area contributed by atoms with Crippen LogP contribution in [0.4, 0.5) is 0 Å². The van der Waals surface area contributed by atoms with E-state index >= 15 is 0 Å². The second-order valence-electron chi connectivity index (χ2n) is 3.46. The normalized spacial score (nSPS) is 15.7. The van der Waals surface area contributed by atoms with E-state index in [-0.39, 0.29) is 59.1 Å². The van der Waals surface area contributed by atoms with Crippen molar-refractivity contribution in [3.63, 3.8) is 0 Å². The maximum atomic E-state index is 8.96. The van der Waals surface area contributed by atoms with E-state index in [1.165, 1.54) is 0 Å². The van der Waals surface area contributed by atoms with Crippen LogP contribution in [0, 0.1) is 0 Å². The summed E-state index contributed by atoms with van der Waals surface area (Å²) in [6.07, 6.45) is -6.39. The summed E-state index contributed by atoms with van der Waals surface area (Å²) in [4.78, 5) is 45.8. The first-order valence-corrected chi connectivity index (χ1v) is 8.07. The van der Waals surface area contributed by atoms with E-state index in [4.69, 9.17) is 69.1 Å². The summed E-state index contributed by atoms with van der Waals surface area (Å²) in [7, 11) is -9.78. The quantitative estimate of drug-likeness (QED) is 0.145. The molecule has 24 heavy (non-hydrogen) atoms. The van der Waals surface area contributed by atoms with Crippen molar-refractivity contribution in [2.45, 2.75) is 24.4 Å². The van der Waals surface area contributed by atoms with Crippen molar-refractivity contribution in [2.75, 3.05) is 13.2 Å². The predicted molar refractivity (Wildman–Crippen MR) is 62.3 cm³/mol. The van der Waals surface area contributed by atoms with Gasteiger partial charge in [-0.25, -0.2) is 4.57 Å². The van der Waals surface area contributed by atoms with Crippen LogP contribution in [-0.2, 0) is 9.13 Å². The Morgan fingerprint density at radius 3 is 0.917 bits per heavy atom. The van der Waals surface area contributed by atoms with Crippen molar-refractivity contribution < 1.29 is 128 Å². The number of phosphoric acid groups is 2. The zero-order valence-electron chi connectivity index (χ0n) is 12.7. The summed E-state index contributed by atoms with van der Waals surface area (Å²) in [5.41, 5.74) is 0. The third-order valence-electron chi connectivity index (χ3n) is 1.51. The van der Waals surface area contributed by atoms with Crippen molar-refractivity contribution >= 4 is 15.6 Å². The van der Waals surface area contributed by atoms with Gasteiger partial charge in [-0.15, -0.1) is 0 Å². The fourth-order valence-electron chi connectivity index (χ4n) is 0.671. The van der Waals surface area contributed by atoms with Gasteiger partial charge in [0.05, 0.1) is 21.0 Å². The molecule has 0 heterocycles. The third kappa shape index (κ3) is 39.2. The summed E-state index contributed by atoms with van der Waals surface area (Å²) >= 11 is 0. The van der Waals surface area contributed by atoms with E-state index in [2.05, 4.69) is 0 Å². The van der Waals surface area contributed by atoms with Gasteiger partial charge < -0.3 is 64.6 Å². The Balaban J connectivity index is -0.0000000847. The van der Waals surface area contributed by atoms with Gasteiger partial charge in [0.25, 0.3) is 0 Å².